The fourth-order valence-corrected chi connectivity index (χ4v) is 2.11. The molecule has 4 heteroatoms. The molecule has 15 heavy (non-hydrogen) atoms. The van der Waals surface area contributed by atoms with Gasteiger partial charge in [0, 0.05) is 12.6 Å². The van der Waals surface area contributed by atoms with Crippen LogP contribution in [0.5, 0.6) is 0 Å². The van der Waals surface area contributed by atoms with E-state index < -0.39 is 6.10 Å². The van der Waals surface area contributed by atoms with Crippen LogP contribution in [0.15, 0.2) is 35.2 Å². The molecule has 0 aromatic carbocycles. The van der Waals surface area contributed by atoms with Crippen LogP contribution in [0, 0.1) is 0 Å². The predicted octanol–water partition coefficient (Wildman–Crippen LogP) is 3.07. The normalized spacial score (nSPS) is 12.7. The molecule has 0 spiro atoms. The molecule has 2 rings (SSSR count). The third kappa shape index (κ3) is 2.78. The highest BCUT2D eigenvalue weighted by molar-refractivity contribution is 7.07. The van der Waals surface area contributed by atoms with E-state index in [1.807, 2.05) is 16.8 Å². The number of nitrogens with zero attached hydrogens (tertiary/aromatic N) is 1. The molecule has 0 aliphatic heterocycles. The second kappa shape index (κ2) is 4.75. The molecule has 0 aliphatic rings. The lowest BCUT2D eigenvalue weighted by atomic mass is 10.1. The molecule has 2 aromatic heterocycles. The lowest BCUT2D eigenvalue weighted by Gasteiger charge is -2.08. The van der Waals surface area contributed by atoms with Crippen molar-refractivity contribution in [1.82, 2.24) is 4.98 Å². The van der Waals surface area contributed by atoms with Gasteiger partial charge in [-0.3, -0.25) is 4.98 Å². The van der Waals surface area contributed by atoms with Gasteiger partial charge in [-0.1, -0.05) is 11.6 Å². The van der Waals surface area contributed by atoms with Crippen molar-refractivity contribution < 1.29 is 5.11 Å². The zero-order valence-electron chi connectivity index (χ0n) is 7.93. The topological polar surface area (TPSA) is 33.1 Å². The molecule has 1 atom stereocenters. The lowest BCUT2D eigenvalue weighted by molar-refractivity contribution is 0.174. The third-order valence-electron chi connectivity index (χ3n) is 2.10. The Morgan fingerprint density at radius 2 is 2.27 bits per heavy atom. The number of halogens is 1. The number of hydrogen-bond acceptors (Lipinski definition) is 3. The number of hydrogen-bond donors (Lipinski definition) is 1. The quantitative estimate of drug-likeness (QED) is 0.893. The summed E-state index contributed by atoms with van der Waals surface area (Å²) in [6.07, 6.45) is 1.59. The average molecular weight is 240 g/mol. The molecule has 2 nitrogen and oxygen atoms in total. The second-order valence-corrected chi connectivity index (χ2v) is 4.47. The first-order chi connectivity index (χ1) is 7.25. The van der Waals surface area contributed by atoms with Gasteiger partial charge in [-0.05, 0) is 34.5 Å². The van der Waals surface area contributed by atoms with Crippen LogP contribution < -0.4 is 0 Å². The van der Waals surface area contributed by atoms with E-state index in [0.29, 0.717) is 17.1 Å². The fraction of sp³-hybridized carbons (Fsp3) is 0.182. The molecule has 0 radical (unpaired) electrons. The minimum atomic E-state index is -0.558. The molecule has 78 valence electrons. The Hall–Kier alpha value is -0.900. The minimum absolute atomic E-state index is 0.558. The van der Waals surface area contributed by atoms with Crippen molar-refractivity contribution in [2.75, 3.05) is 0 Å². The van der Waals surface area contributed by atoms with Gasteiger partial charge in [-0.15, -0.1) is 0 Å². The summed E-state index contributed by atoms with van der Waals surface area (Å²) < 4.78 is 0. The molecule has 0 aliphatic carbocycles. The molecule has 2 aromatic rings. The molecule has 0 saturated heterocycles. The Morgan fingerprint density at radius 1 is 1.40 bits per heavy atom. The van der Waals surface area contributed by atoms with E-state index in [-0.39, 0.29) is 0 Å². The molecule has 0 bridgehead atoms. The highest BCUT2D eigenvalue weighted by atomic mass is 35.5. The first-order valence-corrected chi connectivity index (χ1v) is 5.88. The summed E-state index contributed by atoms with van der Waals surface area (Å²) >= 11 is 7.34. The van der Waals surface area contributed by atoms with Gasteiger partial charge >= 0.3 is 0 Å². The van der Waals surface area contributed by atoms with Crippen molar-refractivity contribution in [2.45, 2.75) is 12.5 Å². The molecule has 1 N–H and O–H groups in total. The predicted molar refractivity (Wildman–Crippen MR) is 62.2 cm³/mol. The molecule has 0 saturated carbocycles. The summed E-state index contributed by atoms with van der Waals surface area (Å²) in [5.74, 6) is 0. The van der Waals surface area contributed by atoms with Gasteiger partial charge in [0.05, 0.1) is 16.8 Å². The van der Waals surface area contributed by atoms with Crippen molar-refractivity contribution in [2.24, 2.45) is 0 Å². The van der Waals surface area contributed by atoms with E-state index in [4.69, 9.17) is 11.6 Å². The van der Waals surface area contributed by atoms with Crippen LogP contribution in [0.3, 0.4) is 0 Å². The van der Waals surface area contributed by atoms with Crippen LogP contribution in [-0.2, 0) is 6.42 Å². The number of aliphatic hydroxyl groups excluding tert-OH is 1. The van der Waals surface area contributed by atoms with Gasteiger partial charge in [-0.2, -0.15) is 11.3 Å². The maximum atomic E-state index is 9.88. The van der Waals surface area contributed by atoms with E-state index in [1.165, 1.54) is 0 Å². The van der Waals surface area contributed by atoms with Gasteiger partial charge in [0.1, 0.15) is 0 Å². The Labute approximate surface area is 97.2 Å². The Balaban J connectivity index is 2.08. The molecule has 0 amide bonds. The summed E-state index contributed by atoms with van der Waals surface area (Å²) in [5, 5.41) is 14.5. The Morgan fingerprint density at radius 3 is 2.87 bits per heavy atom. The van der Waals surface area contributed by atoms with E-state index in [1.54, 1.807) is 29.7 Å². The average Bonchev–Trinajstić information content (AvgIpc) is 2.71. The van der Waals surface area contributed by atoms with Crippen molar-refractivity contribution in [3.63, 3.8) is 0 Å². The zero-order valence-corrected chi connectivity index (χ0v) is 9.50. The molecule has 2 heterocycles. The fourth-order valence-electron chi connectivity index (χ4n) is 1.32. The highest BCUT2D eigenvalue weighted by Crippen LogP contribution is 2.19. The van der Waals surface area contributed by atoms with Gasteiger partial charge in [0.25, 0.3) is 0 Å². The third-order valence-corrected chi connectivity index (χ3v) is 3.06. The van der Waals surface area contributed by atoms with Crippen molar-refractivity contribution in [3.05, 3.63) is 51.4 Å². The van der Waals surface area contributed by atoms with Crippen molar-refractivity contribution in [1.29, 1.82) is 0 Å². The first kappa shape index (κ1) is 10.6. The molecular weight excluding hydrogens is 230 g/mol. The maximum Gasteiger partial charge on any atom is 0.1000 e. The summed E-state index contributed by atoms with van der Waals surface area (Å²) in [5.41, 5.74) is 1.79. The van der Waals surface area contributed by atoms with Gasteiger partial charge in [0.15, 0.2) is 0 Å². The van der Waals surface area contributed by atoms with Gasteiger partial charge < -0.3 is 5.11 Å². The van der Waals surface area contributed by atoms with Gasteiger partial charge in [-0.25, -0.2) is 0 Å². The number of rotatable bonds is 3. The van der Waals surface area contributed by atoms with Crippen molar-refractivity contribution in [3.8, 4) is 0 Å². The van der Waals surface area contributed by atoms with Crippen LogP contribution in [0.2, 0.25) is 5.02 Å². The summed E-state index contributed by atoms with van der Waals surface area (Å²) in [4.78, 5) is 4.08. The molecule has 0 fully saturated rings. The number of pyridine rings is 1. The van der Waals surface area contributed by atoms with E-state index in [2.05, 4.69) is 4.98 Å². The first-order valence-electron chi connectivity index (χ1n) is 4.56. The van der Waals surface area contributed by atoms with E-state index in [0.717, 1.165) is 5.56 Å². The summed E-state index contributed by atoms with van der Waals surface area (Å²) in [7, 11) is 0. The van der Waals surface area contributed by atoms with Crippen LogP contribution in [-0.4, -0.2) is 10.1 Å². The zero-order chi connectivity index (χ0) is 10.7. The molecule has 1 unspecified atom stereocenters. The number of aliphatic hydroxyl groups is 1. The molecular formula is C11H10ClNOS. The van der Waals surface area contributed by atoms with E-state index in [9.17, 15) is 5.11 Å². The van der Waals surface area contributed by atoms with Crippen LogP contribution in [0.25, 0.3) is 0 Å². The SMILES string of the molecule is OC(Cc1ccsc1)c1ccc(Cl)cn1. The van der Waals surface area contributed by atoms with Crippen LogP contribution in [0.1, 0.15) is 17.4 Å². The minimum Gasteiger partial charge on any atom is -0.386 e. The lowest BCUT2D eigenvalue weighted by Crippen LogP contribution is -2.02. The Bertz CT molecular complexity index is 413. The summed E-state index contributed by atoms with van der Waals surface area (Å²) in [6, 6.07) is 5.49. The number of thiophene rings is 1. The number of aromatic nitrogens is 1. The largest absolute Gasteiger partial charge is 0.386 e. The van der Waals surface area contributed by atoms with Crippen LogP contribution in [0.4, 0.5) is 0 Å². The summed E-state index contributed by atoms with van der Waals surface area (Å²) in [6.45, 7) is 0. The monoisotopic (exact) mass is 239 g/mol. The smallest absolute Gasteiger partial charge is 0.1000 e. The van der Waals surface area contributed by atoms with Gasteiger partial charge in [0.2, 0.25) is 0 Å². The van der Waals surface area contributed by atoms with E-state index >= 15 is 0 Å². The highest BCUT2D eigenvalue weighted by Gasteiger charge is 2.09. The van der Waals surface area contributed by atoms with Crippen LogP contribution >= 0.6 is 22.9 Å². The Kier molecular flexibility index (Phi) is 3.36. The standard InChI is InChI=1S/C11H10ClNOS/c12-9-1-2-10(13-6-9)11(14)5-8-3-4-15-7-8/h1-4,6-7,11,14H,5H2. The second-order valence-electron chi connectivity index (χ2n) is 3.25. The maximum absolute atomic E-state index is 9.88. The van der Waals surface area contributed by atoms with Crippen molar-refractivity contribution >= 4 is 22.9 Å².